The lowest BCUT2D eigenvalue weighted by atomic mass is 10.1. The average Bonchev–Trinajstić information content (AvgIpc) is 2.40. The molecule has 2 fully saturated rings. The van der Waals surface area contributed by atoms with E-state index < -0.39 is 0 Å². The van der Waals surface area contributed by atoms with Crippen molar-refractivity contribution in [1.82, 2.24) is 9.80 Å². The van der Waals surface area contributed by atoms with Crippen LogP contribution in [0.5, 0.6) is 0 Å². The van der Waals surface area contributed by atoms with Gasteiger partial charge in [0.05, 0.1) is 20.1 Å². The summed E-state index contributed by atoms with van der Waals surface area (Å²) in [6, 6.07) is 0.168. The minimum absolute atomic E-state index is 0.168. The number of piperidine rings is 1. The molecule has 0 spiro atoms. The molecular weight excluding hydrogens is 218 g/mol. The van der Waals surface area contributed by atoms with Crippen molar-refractivity contribution in [2.75, 3.05) is 46.3 Å². The van der Waals surface area contributed by atoms with Gasteiger partial charge in [-0.3, -0.25) is 4.48 Å². The van der Waals surface area contributed by atoms with Gasteiger partial charge in [-0.1, -0.05) is 0 Å². The van der Waals surface area contributed by atoms with Crippen LogP contribution in [0, 0.1) is 0 Å². The smallest absolute Gasteiger partial charge is 0.320 e. The molecule has 2 saturated heterocycles. The molecule has 2 rings (SSSR count). The lowest BCUT2D eigenvalue weighted by Crippen LogP contribution is -2.59. The zero-order chi connectivity index (χ0) is 12.3. The van der Waals surface area contributed by atoms with E-state index in [1.807, 2.05) is 16.8 Å². The average molecular weight is 240 g/mol. The Bertz CT molecular complexity index is 292. The maximum Gasteiger partial charge on any atom is 0.320 e. The van der Waals surface area contributed by atoms with Crippen LogP contribution in [0.1, 0.15) is 19.3 Å². The molecule has 5 heteroatoms. The van der Waals surface area contributed by atoms with E-state index in [0.29, 0.717) is 17.6 Å². The Labute approximate surface area is 103 Å². The number of rotatable bonds is 1. The van der Waals surface area contributed by atoms with Gasteiger partial charge in [0.1, 0.15) is 13.1 Å². The summed E-state index contributed by atoms with van der Waals surface area (Å²) in [6.07, 6.45) is 4.48. The van der Waals surface area contributed by atoms with Crippen molar-refractivity contribution in [3.8, 4) is 0 Å². The van der Waals surface area contributed by atoms with Crippen molar-refractivity contribution in [3.05, 3.63) is 0 Å². The van der Waals surface area contributed by atoms with Gasteiger partial charge in [0.25, 0.3) is 0 Å². The molecule has 96 valence electrons. The highest BCUT2D eigenvalue weighted by Crippen LogP contribution is 2.14. The van der Waals surface area contributed by atoms with E-state index >= 15 is 0 Å². The van der Waals surface area contributed by atoms with E-state index in [-0.39, 0.29) is 6.03 Å². The molecule has 0 saturated carbocycles. The number of hydrogen-bond acceptors (Lipinski definition) is 2. The predicted molar refractivity (Wildman–Crippen MR) is 64.4 cm³/mol. The molecule has 5 nitrogen and oxygen atoms in total. The highest BCUT2D eigenvalue weighted by atomic mass is 16.2. The fourth-order valence-electron chi connectivity index (χ4n) is 2.50. The first-order valence-electron chi connectivity index (χ1n) is 6.49. The molecule has 2 heterocycles. The first-order valence-corrected chi connectivity index (χ1v) is 6.49. The van der Waals surface area contributed by atoms with E-state index in [0.717, 1.165) is 45.4 Å². The van der Waals surface area contributed by atoms with Gasteiger partial charge < -0.3 is 9.80 Å². The van der Waals surface area contributed by atoms with E-state index in [1.165, 1.54) is 6.42 Å². The summed E-state index contributed by atoms with van der Waals surface area (Å²) >= 11 is 0. The molecule has 0 radical (unpaired) electrons. The van der Waals surface area contributed by atoms with Crippen molar-refractivity contribution in [3.63, 3.8) is 0 Å². The molecular formula is C12H22N3O2+. The fraction of sp³-hybridized carbons (Fsp3) is 0.833. The van der Waals surface area contributed by atoms with Crippen LogP contribution >= 0.6 is 0 Å². The van der Waals surface area contributed by atoms with Gasteiger partial charge in [0.2, 0.25) is 0 Å². The van der Waals surface area contributed by atoms with E-state index in [2.05, 4.69) is 0 Å². The van der Waals surface area contributed by atoms with Crippen LogP contribution < -0.4 is 0 Å². The summed E-state index contributed by atoms with van der Waals surface area (Å²) in [7, 11) is 1.93. The Morgan fingerprint density at radius 1 is 1.00 bits per heavy atom. The number of amides is 3. The molecule has 0 aromatic rings. The van der Waals surface area contributed by atoms with Crippen molar-refractivity contribution >= 4 is 12.4 Å². The minimum atomic E-state index is 0.168. The topological polar surface area (TPSA) is 40.6 Å². The van der Waals surface area contributed by atoms with Gasteiger partial charge >= 0.3 is 12.4 Å². The van der Waals surface area contributed by atoms with Crippen molar-refractivity contribution in [2.45, 2.75) is 19.3 Å². The number of hydrogen-bond donors (Lipinski definition) is 0. The van der Waals surface area contributed by atoms with Gasteiger partial charge in [-0.25, -0.2) is 9.59 Å². The summed E-state index contributed by atoms with van der Waals surface area (Å²) < 4.78 is 0.434. The summed E-state index contributed by atoms with van der Waals surface area (Å²) in [4.78, 5) is 27.0. The van der Waals surface area contributed by atoms with Crippen LogP contribution in [0.4, 0.5) is 4.79 Å². The second kappa shape index (κ2) is 5.04. The molecule has 0 unspecified atom stereocenters. The van der Waals surface area contributed by atoms with Crippen LogP contribution in [-0.2, 0) is 4.79 Å². The Morgan fingerprint density at radius 3 is 2.06 bits per heavy atom. The molecule has 2 aliphatic rings. The Morgan fingerprint density at radius 2 is 1.53 bits per heavy atom. The monoisotopic (exact) mass is 240 g/mol. The van der Waals surface area contributed by atoms with Gasteiger partial charge in [0, 0.05) is 13.1 Å². The molecule has 0 aromatic heterocycles. The zero-order valence-electron chi connectivity index (χ0n) is 10.6. The summed E-state index contributed by atoms with van der Waals surface area (Å²) in [5.41, 5.74) is 0. The molecule has 0 aliphatic carbocycles. The lowest BCUT2D eigenvalue weighted by Gasteiger charge is -2.39. The SMILES string of the molecule is C[N+]1(C=O)CCN(C(=O)N2CCCCC2)CC1. The summed E-state index contributed by atoms with van der Waals surface area (Å²) in [6.45, 7) is 4.67. The van der Waals surface area contributed by atoms with E-state index in [1.54, 1.807) is 0 Å². The second-order valence-corrected chi connectivity index (χ2v) is 5.35. The summed E-state index contributed by atoms with van der Waals surface area (Å²) in [5.74, 6) is 0. The first-order chi connectivity index (χ1) is 8.14. The maximum atomic E-state index is 12.2. The summed E-state index contributed by atoms with van der Waals surface area (Å²) in [5, 5.41) is 0. The molecule has 0 N–H and O–H groups in total. The standard InChI is InChI=1S/C12H22N3O2/c1-15(11-16)9-7-14(8-10-15)12(17)13-5-3-2-4-6-13/h11H,2-10H2,1H3/q+1. The molecule has 0 atom stereocenters. The predicted octanol–water partition coefficient (Wildman–Crippen LogP) is 0.511. The van der Waals surface area contributed by atoms with Crippen molar-refractivity contribution in [2.24, 2.45) is 0 Å². The normalized spacial score (nSPS) is 24.5. The van der Waals surface area contributed by atoms with Gasteiger partial charge in [-0.15, -0.1) is 0 Å². The third-order valence-corrected chi connectivity index (χ3v) is 3.91. The van der Waals surface area contributed by atoms with Crippen LogP contribution in [0.2, 0.25) is 0 Å². The van der Waals surface area contributed by atoms with Crippen LogP contribution in [-0.4, -0.2) is 73.0 Å². The highest BCUT2D eigenvalue weighted by Gasteiger charge is 2.32. The van der Waals surface area contributed by atoms with E-state index in [9.17, 15) is 9.59 Å². The molecule has 0 aromatic carbocycles. The second-order valence-electron chi connectivity index (χ2n) is 5.35. The molecule has 17 heavy (non-hydrogen) atoms. The molecule has 3 amide bonds. The van der Waals surface area contributed by atoms with Crippen LogP contribution in [0.25, 0.3) is 0 Å². The minimum Gasteiger partial charge on any atom is -0.325 e. The number of quaternary nitrogens is 1. The van der Waals surface area contributed by atoms with Gasteiger partial charge in [-0.05, 0) is 19.3 Å². The molecule has 0 bridgehead atoms. The largest absolute Gasteiger partial charge is 0.325 e. The number of likely N-dealkylation sites (N-methyl/N-ethyl adjacent to an activating group) is 1. The Balaban J connectivity index is 1.87. The number of urea groups is 1. The molecule has 2 aliphatic heterocycles. The Kier molecular flexibility index (Phi) is 3.66. The zero-order valence-corrected chi connectivity index (χ0v) is 10.6. The van der Waals surface area contributed by atoms with Crippen LogP contribution in [0.3, 0.4) is 0 Å². The number of piperazine rings is 1. The lowest BCUT2D eigenvalue weighted by molar-refractivity contribution is -0.829. The number of carbonyl (C=O) groups excluding carboxylic acids is 2. The number of likely N-dealkylation sites (tertiary alicyclic amines) is 1. The van der Waals surface area contributed by atoms with Crippen LogP contribution in [0.15, 0.2) is 0 Å². The number of nitrogens with zero attached hydrogens (tertiary/aromatic N) is 3. The fourth-order valence-corrected chi connectivity index (χ4v) is 2.50. The quantitative estimate of drug-likeness (QED) is 0.495. The number of carbonyl (C=O) groups is 2. The van der Waals surface area contributed by atoms with Crippen molar-refractivity contribution < 1.29 is 14.1 Å². The van der Waals surface area contributed by atoms with Gasteiger partial charge in [0.15, 0.2) is 0 Å². The maximum absolute atomic E-state index is 12.2. The first kappa shape index (κ1) is 12.4. The highest BCUT2D eigenvalue weighted by molar-refractivity contribution is 5.74. The van der Waals surface area contributed by atoms with Gasteiger partial charge in [-0.2, -0.15) is 0 Å². The van der Waals surface area contributed by atoms with Crippen molar-refractivity contribution in [1.29, 1.82) is 0 Å². The third-order valence-electron chi connectivity index (χ3n) is 3.91. The van der Waals surface area contributed by atoms with E-state index in [4.69, 9.17) is 0 Å². The Hall–Kier alpha value is -1.10. The third kappa shape index (κ3) is 2.77.